The number of rotatable bonds is 6. The summed E-state index contributed by atoms with van der Waals surface area (Å²) in [7, 11) is 0. The SMILES string of the molecule is O=C(Nc1nc(CSCc2ccc(F)cc2)cs1)c1cccc(Br)c1. The minimum absolute atomic E-state index is 0.179. The third kappa shape index (κ3) is 5.39. The molecule has 0 fully saturated rings. The molecular weight excluding hydrogens is 423 g/mol. The van der Waals surface area contributed by atoms with Crippen LogP contribution in [0.4, 0.5) is 9.52 Å². The van der Waals surface area contributed by atoms with Gasteiger partial charge in [0.25, 0.3) is 5.91 Å². The summed E-state index contributed by atoms with van der Waals surface area (Å²) >= 11 is 6.46. The molecule has 3 rings (SSSR count). The molecule has 25 heavy (non-hydrogen) atoms. The number of thioether (sulfide) groups is 1. The molecule has 2 aromatic carbocycles. The summed E-state index contributed by atoms with van der Waals surface area (Å²) in [6.45, 7) is 0. The summed E-state index contributed by atoms with van der Waals surface area (Å²) in [4.78, 5) is 16.6. The smallest absolute Gasteiger partial charge is 0.257 e. The van der Waals surface area contributed by atoms with Gasteiger partial charge in [0.05, 0.1) is 5.69 Å². The molecule has 0 aliphatic rings. The molecule has 0 bridgehead atoms. The molecule has 0 atom stereocenters. The van der Waals surface area contributed by atoms with Gasteiger partial charge in [0.15, 0.2) is 5.13 Å². The first kappa shape index (κ1) is 18.1. The van der Waals surface area contributed by atoms with E-state index in [1.807, 2.05) is 17.5 Å². The maximum absolute atomic E-state index is 12.9. The lowest BCUT2D eigenvalue weighted by Gasteiger charge is -2.02. The Morgan fingerprint density at radius 2 is 2.00 bits per heavy atom. The van der Waals surface area contributed by atoms with E-state index in [4.69, 9.17) is 0 Å². The number of thiazole rings is 1. The number of amides is 1. The van der Waals surface area contributed by atoms with Crippen LogP contribution in [0.5, 0.6) is 0 Å². The number of hydrogen-bond donors (Lipinski definition) is 1. The zero-order chi connectivity index (χ0) is 17.6. The molecule has 3 nitrogen and oxygen atoms in total. The fourth-order valence-corrected chi connectivity index (χ4v) is 4.18. The average molecular weight is 437 g/mol. The maximum atomic E-state index is 12.9. The highest BCUT2D eigenvalue weighted by atomic mass is 79.9. The molecule has 1 N–H and O–H groups in total. The van der Waals surface area contributed by atoms with Gasteiger partial charge in [-0.2, -0.15) is 11.8 Å². The Balaban J connectivity index is 1.52. The molecule has 0 saturated heterocycles. The van der Waals surface area contributed by atoms with Gasteiger partial charge in [0.2, 0.25) is 0 Å². The molecule has 0 radical (unpaired) electrons. The van der Waals surface area contributed by atoms with Crippen LogP contribution in [0.25, 0.3) is 0 Å². The van der Waals surface area contributed by atoms with Crippen LogP contribution in [-0.4, -0.2) is 10.9 Å². The molecule has 0 spiro atoms. The number of halogens is 2. The summed E-state index contributed by atoms with van der Waals surface area (Å²) < 4.78 is 13.7. The van der Waals surface area contributed by atoms with Crippen LogP contribution < -0.4 is 5.32 Å². The number of hydrogen-bond acceptors (Lipinski definition) is 4. The normalized spacial score (nSPS) is 10.6. The van der Waals surface area contributed by atoms with Gasteiger partial charge in [-0.25, -0.2) is 9.37 Å². The van der Waals surface area contributed by atoms with E-state index in [9.17, 15) is 9.18 Å². The zero-order valence-electron chi connectivity index (χ0n) is 13.0. The van der Waals surface area contributed by atoms with E-state index >= 15 is 0 Å². The van der Waals surface area contributed by atoms with Crippen LogP contribution in [0, 0.1) is 5.82 Å². The second-order valence-corrected chi connectivity index (χ2v) is 7.99. The highest BCUT2D eigenvalue weighted by Gasteiger charge is 2.09. The number of nitrogens with zero attached hydrogens (tertiary/aromatic N) is 1. The van der Waals surface area contributed by atoms with Crippen molar-refractivity contribution in [3.63, 3.8) is 0 Å². The standard InChI is InChI=1S/C18H14BrFN2OS2/c19-14-3-1-2-13(8-14)17(23)22-18-21-16(11-25-18)10-24-9-12-4-6-15(20)7-5-12/h1-8,11H,9-10H2,(H,21,22,23). The van der Waals surface area contributed by atoms with Crippen LogP contribution in [0.3, 0.4) is 0 Å². The van der Waals surface area contributed by atoms with Gasteiger partial charge in [-0.3, -0.25) is 10.1 Å². The van der Waals surface area contributed by atoms with Crippen LogP contribution in [0.15, 0.2) is 58.4 Å². The Hall–Kier alpha value is -1.70. The van der Waals surface area contributed by atoms with E-state index in [0.29, 0.717) is 10.7 Å². The van der Waals surface area contributed by atoms with Crippen molar-refractivity contribution in [2.24, 2.45) is 0 Å². The summed E-state index contributed by atoms with van der Waals surface area (Å²) in [5.74, 6) is 1.12. The minimum atomic E-state index is -0.223. The van der Waals surface area contributed by atoms with Crippen molar-refractivity contribution >= 4 is 50.1 Å². The fourth-order valence-electron chi connectivity index (χ4n) is 2.08. The van der Waals surface area contributed by atoms with Gasteiger partial charge in [0, 0.05) is 26.9 Å². The summed E-state index contributed by atoms with van der Waals surface area (Å²) in [6.07, 6.45) is 0. The van der Waals surface area contributed by atoms with E-state index < -0.39 is 0 Å². The van der Waals surface area contributed by atoms with Gasteiger partial charge >= 0.3 is 0 Å². The van der Waals surface area contributed by atoms with Crippen molar-refractivity contribution in [3.8, 4) is 0 Å². The van der Waals surface area contributed by atoms with Crippen molar-refractivity contribution < 1.29 is 9.18 Å². The van der Waals surface area contributed by atoms with Gasteiger partial charge < -0.3 is 0 Å². The summed E-state index contributed by atoms with van der Waals surface area (Å²) in [5.41, 5.74) is 2.57. The quantitative estimate of drug-likeness (QED) is 0.536. The largest absolute Gasteiger partial charge is 0.298 e. The number of aromatic nitrogens is 1. The monoisotopic (exact) mass is 436 g/mol. The van der Waals surface area contributed by atoms with Crippen molar-refractivity contribution in [1.29, 1.82) is 0 Å². The fraction of sp³-hybridized carbons (Fsp3) is 0.111. The Morgan fingerprint density at radius 1 is 1.20 bits per heavy atom. The van der Waals surface area contributed by atoms with Crippen LogP contribution in [0.2, 0.25) is 0 Å². The number of carbonyl (C=O) groups excluding carboxylic acids is 1. The predicted octanol–water partition coefficient (Wildman–Crippen LogP) is 5.73. The molecular formula is C18H14BrFN2OS2. The number of benzene rings is 2. The Labute approximate surface area is 161 Å². The van der Waals surface area contributed by atoms with Gasteiger partial charge in [-0.1, -0.05) is 34.1 Å². The van der Waals surface area contributed by atoms with Crippen LogP contribution in [0.1, 0.15) is 21.6 Å². The van der Waals surface area contributed by atoms with Crippen LogP contribution in [-0.2, 0) is 11.5 Å². The number of carbonyl (C=O) groups is 1. The topological polar surface area (TPSA) is 42.0 Å². The van der Waals surface area contributed by atoms with Crippen molar-refractivity contribution in [2.75, 3.05) is 5.32 Å². The maximum Gasteiger partial charge on any atom is 0.257 e. The second kappa shape index (κ2) is 8.60. The van der Waals surface area contributed by atoms with Crippen molar-refractivity contribution in [1.82, 2.24) is 4.98 Å². The molecule has 7 heteroatoms. The highest BCUT2D eigenvalue weighted by molar-refractivity contribution is 9.10. The van der Waals surface area contributed by atoms with Crippen molar-refractivity contribution in [3.05, 3.63) is 81.0 Å². The summed E-state index contributed by atoms with van der Waals surface area (Å²) in [6, 6.07) is 13.7. The van der Waals surface area contributed by atoms with E-state index in [-0.39, 0.29) is 11.7 Å². The molecule has 1 amide bonds. The molecule has 0 aliphatic carbocycles. The minimum Gasteiger partial charge on any atom is -0.298 e. The predicted molar refractivity (Wildman–Crippen MR) is 106 cm³/mol. The summed E-state index contributed by atoms with van der Waals surface area (Å²) in [5, 5.41) is 5.34. The van der Waals surface area contributed by atoms with Crippen molar-refractivity contribution in [2.45, 2.75) is 11.5 Å². The molecule has 0 saturated carbocycles. The third-order valence-electron chi connectivity index (χ3n) is 3.29. The average Bonchev–Trinajstić information content (AvgIpc) is 3.04. The lowest BCUT2D eigenvalue weighted by atomic mass is 10.2. The third-order valence-corrected chi connectivity index (χ3v) is 5.63. The van der Waals surface area contributed by atoms with Gasteiger partial charge in [-0.15, -0.1) is 11.3 Å². The molecule has 128 valence electrons. The van der Waals surface area contributed by atoms with E-state index in [1.165, 1.54) is 23.5 Å². The first-order chi connectivity index (χ1) is 12.1. The number of anilines is 1. The highest BCUT2D eigenvalue weighted by Crippen LogP contribution is 2.23. The lowest BCUT2D eigenvalue weighted by molar-refractivity contribution is 0.102. The first-order valence-corrected chi connectivity index (χ1v) is 10.3. The lowest BCUT2D eigenvalue weighted by Crippen LogP contribution is -2.11. The Morgan fingerprint density at radius 3 is 2.76 bits per heavy atom. The van der Waals surface area contributed by atoms with E-state index in [0.717, 1.165) is 27.2 Å². The zero-order valence-corrected chi connectivity index (χ0v) is 16.3. The molecule has 1 aromatic heterocycles. The molecule has 0 aliphatic heterocycles. The van der Waals surface area contributed by atoms with Gasteiger partial charge in [-0.05, 0) is 35.9 Å². The van der Waals surface area contributed by atoms with Gasteiger partial charge in [0.1, 0.15) is 5.82 Å². The molecule has 0 unspecified atom stereocenters. The van der Waals surface area contributed by atoms with Crippen LogP contribution >= 0.6 is 39.0 Å². The Bertz CT molecular complexity index is 868. The van der Waals surface area contributed by atoms with E-state index in [2.05, 4.69) is 26.2 Å². The first-order valence-electron chi connectivity index (χ1n) is 7.43. The van der Waals surface area contributed by atoms with E-state index in [1.54, 1.807) is 36.0 Å². The molecule has 1 heterocycles. The molecule has 3 aromatic rings. The Kier molecular flexibility index (Phi) is 6.23. The number of nitrogens with one attached hydrogen (secondary N) is 1. The second-order valence-electron chi connectivity index (χ2n) is 5.23.